The summed E-state index contributed by atoms with van der Waals surface area (Å²) in [6, 6.07) is 7.52. The molecule has 118 valence electrons. The fraction of sp³-hybridized carbons (Fsp3) is 0.667. The van der Waals surface area contributed by atoms with Gasteiger partial charge in [0.15, 0.2) is 0 Å². The van der Waals surface area contributed by atoms with E-state index in [4.69, 9.17) is 0 Å². The van der Waals surface area contributed by atoms with Crippen molar-refractivity contribution in [3.05, 3.63) is 28.2 Å². The van der Waals surface area contributed by atoms with Gasteiger partial charge in [0.1, 0.15) is 0 Å². The maximum absolute atomic E-state index is 3.75. The van der Waals surface area contributed by atoms with Gasteiger partial charge in [-0.05, 0) is 57.2 Å². The van der Waals surface area contributed by atoms with Gasteiger partial charge < -0.3 is 10.2 Å². The molecule has 1 heterocycles. The van der Waals surface area contributed by atoms with E-state index in [1.165, 1.54) is 35.1 Å². The largest absolute Gasteiger partial charge is 0.368 e. The van der Waals surface area contributed by atoms with Gasteiger partial charge in [-0.1, -0.05) is 35.8 Å². The number of hydrogen-bond donors (Lipinski definition) is 1. The van der Waals surface area contributed by atoms with E-state index in [1.54, 1.807) is 0 Å². The van der Waals surface area contributed by atoms with E-state index in [0.717, 1.165) is 6.54 Å². The first kappa shape index (κ1) is 16.8. The van der Waals surface area contributed by atoms with E-state index in [9.17, 15) is 0 Å². The van der Waals surface area contributed by atoms with Crippen LogP contribution in [-0.4, -0.2) is 18.1 Å². The van der Waals surface area contributed by atoms with Crippen LogP contribution < -0.4 is 10.2 Å². The summed E-state index contributed by atoms with van der Waals surface area (Å²) in [4.78, 5) is 2.58. The second-order valence-electron chi connectivity index (χ2n) is 7.53. The number of nitrogens with zero attached hydrogens (tertiary/aromatic N) is 1. The molecule has 1 N–H and O–H groups in total. The Balaban J connectivity index is 2.11. The van der Waals surface area contributed by atoms with E-state index in [2.05, 4.69) is 79.0 Å². The van der Waals surface area contributed by atoms with Crippen LogP contribution in [0.5, 0.6) is 0 Å². The Labute approximate surface area is 138 Å². The molecular weight excluding hydrogens is 324 g/mol. The summed E-state index contributed by atoms with van der Waals surface area (Å²) in [6.07, 6.45) is 2.64. The lowest BCUT2D eigenvalue weighted by Gasteiger charge is -2.30. The lowest BCUT2D eigenvalue weighted by Crippen LogP contribution is -2.35. The Morgan fingerprint density at radius 1 is 1.33 bits per heavy atom. The molecule has 1 fully saturated rings. The van der Waals surface area contributed by atoms with Crippen LogP contribution in [0.4, 0.5) is 5.69 Å². The van der Waals surface area contributed by atoms with Crippen molar-refractivity contribution in [2.45, 2.75) is 65.6 Å². The molecule has 1 aliphatic rings. The first-order valence-corrected chi connectivity index (χ1v) is 8.87. The molecule has 0 saturated carbocycles. The van der Waals surface area contributed by atoms with Gasteiger partial charge in [-0.15, -0.1) is 0 Å². The predicted molar refractivity (Wildman–Crippen MR) is 95.9 cm³/mol. The van der Waals surface area contributed by atoms with Gasteiger partial charge in [-0.2, -0.15) is 0 Å². The topological polar surface area (TPSA) is 15.3 Å². The highest BCUT2D eigenvalue weighted by Gasteiger charge is 2.27. The molecule has 1 atom stereocenters. The van der Waals surface area contributed by atoms with Crippen LogP contribution in [0.3, 0.4) is 0 Å². The third kappa shape index (κ3) is 4.46. The minimum Gasteiger partial charge on any atom is -0.368 e. The van der Waals surface area contributed by atoms with Crippen molar-refractivity contribution in [3.8, 4) is 0 Å². The Kier molecular flexibility index (Phi) is 5.37. The van der Waals surface area contributed by atoms with Crippen molar-refractivity contribution in [2.75, 3.05) is 11.4 Å². The van der Waals surface area contributed by atoms with E-state index < -0.39 is 0 Å². The zero-order valence-electron chi connectivity index (χ0n) is 14.0. The SMILES string of the molecule is CC(C)C1CCCN1c1ccc(CNC(C)(C)C)c(Br)c1. The third-order valence-corrected chi connectivity index (χ3v) is 4.98. The summed E-state index contributed by atoms with van der Waals surface area (Å²) < 4.78 is 1.21. The van der Waals surface area contributed by atoms with Gasteiger partial charge in [0.25, 0.3) is 0 Å². The zero-order chi connectivity index (χ0) is 15.6. The predicted octanol–water partition coefficient (Wildman–Crippen LogP) is 4.96. The Morgan fingerprint density at radius 2 is 2.05 bits per heavy atom. The smallest absolute Gasteiger partial charge is 0.0380 e. The van der Waals surface area contributed by atoms with Gasteiger partial charge in [-0.3, -0.25) is 0 Å². The molecule has 1 unspecified atom stereocenters. The van der Waals surface area contributed by atoms with Gasteiger partial charge in [-0.25, -0.2) is 0 Å². The lowest BCUT2D eigenvalue weighted by atomic mass is 10.0. The van der Waals surface area contributed by atoms with Crippen molar-refractivity contribution < 1.29 is 0 Å². The second kappa shape index (κ2) is 6.70. The Hall–Kier alpha value is -0.540. The standard InChI is InChI=1S/C18H29BrN2/c1-13(2)17-7-6-10-21(17)15-9-8-14(16(19)11-15)12-20-18(3,4)5/h8-9,11,13,17,20H,6-7,10,12H2,1-5H3. The number of rotatable bonds is 4. The summed E-state index contributed by atoms with van der Waals surface area (Å²) in [5.41, 5.74) is 2.84. The van der Waals surface area contributed by atoms with Crippen LogP contribution in [0.25, 0.3) is 0 Å². The normalized spacial score (nSPS) is 19.6. The third-order valence-electron chi connectivity index (χ3n) is 4.25. The van der Waals surface area contributed by atoms with Crippen molar-refractivity contribution >= 4 is 21.6 Å². The molecular formula is C18H29BrN2. The Morgan fingerprint density at radius 3 is 2.62 bits per heavy atom. The minimum atomic E-state index is 0.149. The van der Waals surface area contributed by atoms with Crippen LogP contribution in [-0.2, 0) is 6.54 Å². The zero-order valence-corrected chi connectivity index (χ0v) is 15.6. The Bertz CT molecular complexity index is 477. The number of benzene rings is 1. The van der Waals surface area contributed by atoms with Crippen LogP contribution in [0.1, 0.15) is 53.0 Å². The maximum Gasteiger partial charge on any atom is 0.0380 e. The molecule has 1 saturated heterocycles. The molecule has 3 heteroatoms. The molecule has 1 aromatic rings. The number of hydrogen-bond acceptors (Lipinski definition) is 2. The average molecular weight is 353 g/mol. The highest BCUT2D eigenvalue weighted by molar-refractivity contribution is 9.10. The summed E-state index contributed by atoms with van der Waals surface area (Å²) in [5, 5.41) is 3.55. The molecule has 1 aromatic carbocycles. The fourth-order valence-corrected chi connectivity index (χ4v) is 3.53. The van der Waals surface area contributed by atoms with E-state index in [0.29, 0.717) is 12.0 Å². The van der Waals surface area contributed by atoms with Gasteiger partial charge in [0.2, 0.25) is 0 Å². The van der Waals surface area contributed by atoms with Crippen LogP contribution in [0.15, 0.2) is 22.7 Å². The summed E-state index contributed by atoms with van der Waals surface area (Å²) in [6.45, 7) is 13.4. The van der Waals surface area contributed by atoms with Crippen molar-refractivity contribution in [3.63, 3.8) is 0 Å². The quantitative estimate of drug-likeness (QED) is 0.823. The molecule has 21 heavy (non-hydrogen) atoms. The first-order chi connectivity index (χ1) is 9.78. The molecule has 2 rings (SSSR count). The average Bonchev–Trinajstić information content (AvgIpc) is 2.85. The monoisotopic (exact) mass is 352 g/mol. The van der Waals surface area contributed by atoms with Gasteiger partial charge in [0.05, 0.1) is 0 Å². The number of nitrogens with one attached hydrogen (secondary N) is 1. The van der Waals surface area contributed by atoms with Crippen LogP contribution in [0, 0.1) is 5.92 Å². The number of anilines is 1. The maximum atomic E-state index is 3.75. The highest BCUT2D eigenvalue weighted by atomic mass is 79.9. The van der Waals surface area contributed by atoms with Crippen LogP contribution in [0.2, 0.25) is 0 Å². The van der Waals surface area contributed by atoms with E-state index in [1.807, 2.05) is 0 Å². The van der Waals surface area contributed by atoms with Crippen molar-refractivity contribution in [1.29, 1.82) is 0 Å². The van der Waals surface area contributed by atoms with Crippen LogP contribution >= 0.6 is 15.9 Å². The highest BCUT2D eigenvalue weighted by Crippen LogP contribution is 2.32. The molecule has 0 bridgehead atoms. The molecule has 2 nitrogen and oxygen atoms in total. The number of halogens is 1. The van der Waals surface area contributed by atoms with Crippen molar-refractivity contribution in [1.82, 2.24) is 5.32 Å². The summed E-state index contributed by atoms with van der Waals surface area (Å²) >= 11 is 3.75. The van der Waals surface area contributed by atoms with Crippen molar-refractivity contribution in [2.24, 2.45) is 5.92 Å². The molecule has 0 aromatic heterocycles. The molecule has 0 aliphatic carbocycles. The second-order valence-corrected chi connectivity index (χ2v) is 8.38. The van der Waals surface area contributed by atoms with E-state index in [-0.39, 0.29) is 5.54 Å². The van der Waals surface area contributed by atoms with E-state index >= 15 is 0 Å². The first-order valence-electron chi connectivity index (χ1n) is 8.08. The van der Waals surface area contributed by atoms with Gasteiger partial charge in [0, 0.05) is 34.8 Å². The minimum absolute atomic E-state index is 0.149. The summed E-state index contributed by atoms with van der Waals surface area (Å²) in [5.74, 6) is 0.716. The van der Waals surface area contributed by atoms with Gasteiger partial charge >= 0.3 is 0 Å². The lowest BCUT2D eigenvalue weighted by molar-refractivity contribution is 0.424. The molecule has 0 radical (unpaired) electrons. The molecule has 0 amide bonds. The summed E-state index contributed by atoms with van der Waals surface area (Å²) in [7, 11) is 0. The molecule has 0 spiro atoms. The fourth-order valence-electron chi connectivity index (χ4n) is 3.02. The molecule has 1 aliphatic heterocycles.